The monoisotopic (exact) mass is 264 g/mol. The van der Waals surface area contributed by atoms with Crippen LogP contribution in [-0.2, 0) is 5.41 Å². The SMILES string of the molecule is NCC1(c2nc(-c3cncs3)no2)CCCCC1. The number of nitrogens with two attached hydrogens (primary N) is 1. The van der Waals surface area contributed by atoms with Crippen molar-refractivity contribution in [1.82, 2.24) is 15.1 Å². The van der Waals surface area contributed by atoms with Crippen LogP contribution in [0.4, 0.5) is 0 Å². The van der Waals surface area contributed by atoms with Crippen LogP contribution in [0.1, 0.15) is 38.0 Å². The highest BCUT2D eigenvalue weighted by Crippen LogP contribution is 2.38. The largest absolute Gasteiger partial charge is 0.338 e. The zero-order valence-electron chi connectivity index (χ0n) is 10.1. The van der Waals surface area contributed by atoms with Gasteiger partial charge in [0.15, 0.2) is 0 Å². The first-order chi connectivity index (χ1) is 8.84. The van der Waals surface area contributed by atoms with E-state index in [1.807, 2.05) is 0 Å². The van der Waals surface area contributed by atoms with E-state index >= 15 is 0 Å². The normalized spacial score (nSPS) is 18.9. The van der Waals surface area contributed by atoms with Crippen molar-refractivity contribution in [3.63, 3.8) is 0 Å². The average Bonchev–Trinajstić information content (AvgIpc) is 3.10. The Kier molecular flexibility index (Phi) is 3.13. The minimum absolute atomic E-state index is 0.103. The third-order valence-corrected chi connectivity index (χ3v) is 4.50. The van der Waals surface area contributed by atoms with Crippen molar-refractivity contribution in [2.75, 3.05) is 6.54 Å². The lowest BCUT2D eigenvalue weighted by molar-refractivity contribution is 0.220. The summed E-state index contributed by atoms with van der Waals surface area (Å²) in [6.45, 7) is 0.581. The van der Waals surface area contributed by atoms with Gasteiger partial charge >= 0.3 is 0 Å². The molecule has 0 spiro atoms. The van der Waals surface area contributed by atoms with Crippen molar-refractivity contribution >= 4 is 11.3 Å². The summed E-state index contributed by atoms with van der Waals surface area (Å²) in [5, 5.41) is 4.06. The van der Waals surface area contributed by atoms with Crippen molar-refractivity contribution < 1.29 is 4.52 Å². The van der Waals surface area contributed by atoms with Crippen molar-refractivity contribution in [3.8, 4) is 10.7 Å². The van der Waals surface area contributed by atoms with Crippen LogP contribution < -0.4 is 5.73 Å². The molecule has 1 fully saturated rings. The lowest BCUT2D eigenvalue weighted by Gasteiger charge is -2.32. The zero-order chi connectivity index (χ0) is 12.4. The molecule has 96 valence electrons. The first kappa shape index (κ1) is 11.8. The Bertz CT molecular complexity index is 502. The molecule has 0 saturated heterocycles. The molecular weight excluding hydrogens is 248 g/mol. The van der Waals surface area contributed by atoms with E-state index in [-0.39, 0.29) is 5.41 Å². The van der Waals surface area contributed by atoms with Gasteiger partial charge in [0.1, 0.15) is 0 Å². The summed E-state index contributed by atoms with van der Waals surface area (Å²) in [6, 6.07) is 0. The summed E-state index contributed by atoms with van der Waals surface area (Å²) < 4.78 is 5.46. The van der Waals surface area contributed by atoms with Crippen molar-refractivity contribution in [1.29, 1.82) is 0 Å². The van der Waals surface area contributed by atoms with Gasteiger partial charge in [-0.1, -0.05) is 24.4 Å². The number of rotatable bonds is 3. The Morgan fingerprint density at radius 1 is 1.33 bits per heavy atom. The van der Waals surface area contributed by atoms with Gasteiger partial charge in [0.25, 0.3) is 0 Å². The van der Waals surface area contributed by atoms with Crippen LogP contribution in [0.3, 0.4) is 0 Å². The van der Waals surface area contributed by atoms with E-state index < -0.39 is 0 Å². The lowest BCUT2D eigenvalue weighted by Crippen LogP contribution is -2.37. The van der Waals surface area contributed by atoms with Gasteiger partial charge in [-0.25, -0.2) is 0 Å². The molecule has 2 aromatic rings. The summed E-state index contributed by atoms with van der Waals surface area (Å²) in [6.07, 6.45) is 7.51. The number of hydrogen-bond acceptors (Lipinski definition) is 6. The van der Waals surface area contributed by atoms with E-state index in [9.17, 15) is 0 Å². The fourth-order valence-corrected chi connectivity index (χ4v) is 3.14. The van der Waals surface area contributed by atoms with Gasteiger partial charge in [-0.3, -0.25) is 4.98 Å². The Balaban J connectivity index is 1.92. The fraction of sp³-hybridized carbons (Fsp3) is 0.583. The lowest BCUT2D eigenvalue weighted by atomic mass is 9.74. The van der Waals surface area contributed by atoms with Crippen LogP contribution in [0.15, 0.2) is 16.2 Å². The third-order valence-electron chi connectivity index (χ3n) is 3.73. The van der Waals surface area contributed by atoms with Crippen LogP contribution >= 0.6 is 11.3 Å². The molecule has 1 aliphatic rings. The van der Waals surface area contributed by atoms with Gasteiger partial charge in [0.05, 0.1) is 15.8 Å². The predicted molar refractivity (Wildman–Crippen MR) is 69.2 cm³/mol. The number of aromatic nitrogens is 3. The Morgan fingerprint density at radius 2 is 2.17 bits per heavy atom. The number of hydrogen-bond donors (Lipinski definition) is 1. The second-order valence-electron chi connectivity index (χ2n) is 4.83. The highest BCUT2D eigenvalue weighted by Gasteiger charge is 2.38. The molecule has 0 aromatic carbocycles. The van der Waals surface area contributed by atoms with Crippen molar-refractivity contribution in [2.45, 2.75) is 37.5 Å². The quantitative estimate of drug-likeness (QED) is 0.920. The highest BCUT2D eigenvalue weighted by molar-refractivity contribution is 7.13. The minimum atomic E-state index is -0.103. The molecule has 0 aliphatic heterocycles. The molecule has 6 heteroatoms. The molecule has 5 nitrogen and oxygen atoms in total. The summed E-state index contributed by atoms with van der Waals surface area (Å²) in [4.78, 5) is 9.50. The van der Waals surface area contributed by atoms with Gasteiger partial charge < -0.3 is 10.3 Å². The third kappa shape index (κ3) is 1.95. The fourth-order valence-electron chi connectivity index (χ4n) is 2.60. The second-order valence-corrected chi connectivity index (χ2v) is 5.72. The van der Waals surface area contributed by atoms with E-state index in [1.54, 1.807) is 11.7 Å². The molecule has 0 bridgehead atoms. The molecule has 0 amide bonds. The van der Waals surface area contributed by atoms with Gasteiger partial charge in [0, 0.05) is 12.7 Å². The molecule has 2 N–H and O–H groups in total. The molecule has 1 aliphatic carbocycles. The second kappa shape index (κ2) is 4.78. The molecule has 0 unspecified atom stereocenters. The summed E-state index contributed by atoms with van der Waals surface area (Å²) in [5.41, 5.74) is 7.63. The standard InChI is InChI=1S/C12H16N4OS/c13-7-12(4-2-1-3-5-12)11-15-10(16-17-11)9-6-14-8-18-9/h6,8H,1-5,7,13H2. The van der Waals surface area contributed by atoms with E-state index in [0.717, 1.165) is 17.7 Å². The topological polar surface area (TPSA) is 77.8 Å². The first-order valence-electron chi connectivity index (χ1n) is 6.27. The smallest absolute Gasteiger partial charge is 0.234 e. The molecule has 1 saturated carbocycles. The van der Waals surface area contributed by atoms with Crippen LogP contribution in [0.2, 0.25) is 0 Å². The van der Waals surface area contributed by atoms with Crippen molar-refractivity contribution in [3.05, 3.63) is 17.6 Å². The van der Waals surface area contributed by atoms with Gasteiger partial charge in [-0.15, -0.1) is 11.3 Å². The van der Waals surface area contributed by atoms with Gasteiger partial charge in [-0.2, -0.15) is 4.98 Å². The molecule has 0 atom stereocenters. The summed E-state index contributed by atoms with van der Waals surface area (Å²) in [5.74, 6) is 1.33. The minimum Gasteiger partial charge on any atom is -0.338 e. The van der Waals surface area contributed by atoms with Crippen molar-refractivity contribution in [2.24, 2.45) is 5.73 Å². The first-order valence-corrected chi connectivity index (χ1v) is 7.15. The summed E-state index contributed by atoms with van der Waals surface area (Å²) >= 11 is 1.52. The zero-order valence-corrected chi connectivity index (χ0v) is 10.9. The number of thiazole rings is 1. The highest BCUT2D eigenvalue weighted by atomic mass is 32.1. The molecular formula is C12H16N4OS. The van der Waals surface area contributed by atoms with Gasteiger partial charge in [0.2, 0.25) is 11.7 Å². The average molecular weight is 264 g/mol. The Labute approximate surface area is 109 Å². The summed E-state index contributed by atoms with van der Waals surface area (Å²) in [7, 11) is 0. The predicted octanol–water partition coefficient (Wildman–Crippen LogP) is 2.35. The molecule has 18 heavy (non-hydrogen) atoms. The van der Waals surface area contributed by atoms with Gasteiger partial charge in [-0.05, 0) is 12.8 Å². The maximum absolute atomic E-state index is 5.96. The van der Waals surface area contributed by atoms with E-state index in [2.05, 4.69) is 15.1 Å². The number of nitrogens with zero attached hydrogens (tertiary/aromatic N) is 3. The maximum atomic E-state index is 5.96. The maximum Gasteiger partial charge on any atom is 0.234 e. The molecule has 0 radical (unpaired) electrons. The van der Waals surface area contributed by atoms with Crippen LogP contribution in [0.25, 0.3) is 10.7 Å². The Morgan fingerprint density at radius 3 is 2.83 bits per heavy atom. The molecule has 3 rings (SSSR count). The Hall–Kier alpha value is -1.27. The van der Waals surface area contributed by atoms with E-state index in [1.165, 1.54) is 30.6 Å². The van der Waals surface area contributed by atoms with Crippen LogP contribution in [0.5, 0.6) is 0 Å². The molecule has 2 heterocycles. The molecule has 2 aromatic heterocycles. The van der Waals surface area contributed by atoms with E-state index in [0.29, 0.717) is 18.3 Å². The van der Waals surface area contributed by atoms with Crippen LogP contribution in [-0.4, -0.2) is 21.7 Å². The van der Waals surface area contributed by atoms with Crippen LogP contribution in [0, 0.1) is 0 Å². The van der Waals surface area contributed by atoms with E-state index in [4.69, 9.17) is 10.3 Å².